The van der Waals surface area contributed by atoms with Gasteiger partial charge in [-0.1, -0.05) is 32.4 Å². The van der Waals surface area contributed by atoms with Crippen molar-refractivity contribution in [1.82, 2.24) is 0 Å². The second-order valence-corrected chi connectivity index (χ2v) is 7.17. The summed E-state index contributed by atoms with van der Waals surface area (Å²) in [6.45, 7) is 6.95. The highest BCUT2D eigenvalue weighted by Gasteiger charge is 2.24. The minimum Gasteiger partial charge on any atom is -0.381 e. The maximum Gasteiger partial charge on any atom is 0.0489 e. The highest BCUT2D eigenvalue weighted by Crippen LogP contribution is 2.35. The quantitative estimate of drug-likeness (QED) is 0.708. The lowest BCUT2D eigenvalue weighted by Crippen LogP contribution is -2.19. The first-order chi connectivity index (χ1) is 8.48. The van der Waals surface area contributed by atoms with Gasteiger partial charge in [0, 0.05) is 16.2 Å². The lowest BCUT2D eigenvalue weighted by atomic mass is 9.85. The van der Waals surface area contributed by atoms with E-state index in [1.54, 1.807) is 0 Å². The average molecular weight is 310 g/mol. The second-order valence-electron chi connectivity index (χ2n) is 6.37. The van der Waals surface area contributed by atoms with Crippen LogP contribution in [0.5, 0.6) is 0 Å². The fourth-order valence-corrected chi connectivity index (χ4v) is 3.16. The number of benzene rings is 1. The van der Waals surface area contributed by atoms with E-state index in [0.717, 1.165) is 0 Å². The summed E-state index contributed by atoms with van der Waals surface area (Å²) in [5.41, 5.74) is 3.08. The number of hydrogen-bond donors (Lipinski definition) is 1. The summed E-state index contributed by atoms with van der Waals surface area (Å²) < 4.78 is 1.22. The molecule has 18 heavy (non-hydrogen) atoms. The molecule has 1 aromatic carbocycles. The maximum absolute atomic E-state index is 3.72. The summed E-state index contributed by atoms with van der Waals surface area (Å²) in [5, 5.41) is 3.72. The van der Waals surface area contributed by atoms with Gasteiger partial charge in [0.1, 0.15) is 0 Å². The molecule has 2 rings (SSSR count). The van der Waals surface area contributed by atoms with E-state index in [1.165, 1.54) is 47.8 Å². The van der Waals surface area contributed by atoms with Crippen molar-refractivity contribution in [3.05, 3.63) is 28.2 Å². The number of anilines is 1. The zero-order valence-electron chi connectivity index (χ0n) is 11.7. The molecule has 1 atom stereocenters. The largest absolute Gasteiger partial charge is 0.381 e. The third kappa shape index (κ3) is 3.50. The van der Waals surface area contributed by atoms with Crippen LogP contribution in [0.15, 0.2) is 22.7 Å². The summed E-state index contributed by atoms with van der Waals surface area (Å²) in [5.74, 6) is 0. The van der Waals surface area contributed by atoms with Crippen LogP contribution in [0.3, 0.4) is 0 Å². The van der Waals surface area contributed by atoms with Gasteiger partial charge in [-0.05, 0) is 65.6 Å². The topological polar surface area (TPSA) is 12.0 Å². The number of nitrogens with one attached hydrogen (secondary N) is 1. The first kappa shape index (κ1) is 13.9. The van der Waals surface area contributed by atoms with E-state index in [4.69, 9.17) is 0 Å². The molecule has 1 aromatic rings. The van der Waals surface area contributed by atoms with Crippen LogP contribution in [0, 0.1) is 12.3 Å². The molecule has 2 heteroatoms. The van der Waals surface area contributed by atoms with Gasteiger partial charge in [0.2, 0.25) is 0 Å². The first-order valence-corrected chi connectivity index (χ1v) is 7.79. The molecular weight excluding hydrogens is 286 g/mol. The Labute approximate surface area is 119 Å². The van der Waals surface area contributed by atoms with Gasteiger partial charge >= 0.3 is 0 Å². The summed E-state index contributed by atoms with van der Waals surface area (Å²) in [7, 11) is 0. The molecular formula is C16H24BrN. The molecule has 0 bridgehead atoms. The van der Waals surface area contributed by atoms with Crippen LogP contribution in [0.25, 0.3) is 0 Å². The summed E-state index contributed by atoms with van der Waals surface area (Å²) in [4.78, 5) is 0. The van der Waals surface area contributed by atoms with E-state index in [-0.39, 0.29) is 0 Å². The normalized spacial score (nSPS) is 23.4. The lowest BCUT2D eigenvalue weighted by molar-refractivity contribution is 0.313. The van der Waals surface area contributed by atoms with Crippen LogP contribution in [-0.2, 0) is 0 Å². The van der Waals surface area contributed by atoms with Crippen molar-refractivity contribution in [3.8, 4) is 0 Å². The average Bonchev–Trinajstić information content (AvgIpc) is 2.47. The van der Waals surface area contributed by atoms with Gasteiger partial charge in [-0.3, -0.25) is 0 Å². The van der Waals surface area contributed by atoms with Crippen LogP contribution in [0.4, 0.5) is 5.69 Å². The van der Waals surface area contributed by atoms with Crippen molar-refractivity contribution >= 4 is 21.6 Å². The second kappa shape index (κ2) is 5.64. The van der Waals surface area contributed by atoms with Gasteiger partial charge in [0.05, 0.1) is 0 Å². The third-order valence-electron chi connectivity index (χ3n) is 4.13. The summed E-state index contributed by atoms with van der Waals surface area (Å²) >= 11 is 3.69. The Morgan fingerprint density at radius 3 is 2.78 bits per heavy atom. The van der Waals surface area contributed by atoms with Gasteiger partial charge in [-0.15, -0.1) is 0 Å². The molecule has 100 valence electrons. The van der Waals surface area contributed by atoms with E-state index >= 15 is 0 Å². The minimum absolute atomic E-state index is 0.528. The summed E-state index contributed by atoms with van der Waals surface area (Å²) in [6, 6.07) is 7.08. The van der Waals surface area contributed by atoms with Crippen molar-refractivity contribution < 1.29 is 0 Å². The number of hydrogen-bond acceptors (Lipinski definition) is 1. The highest BCUT2D eigenvalue weighted by molar-refractivity contribution is 9.10. The van der Waals surface area contributed by atoms with Gasteiger partial charge in [0.15, 0.2) is 0 Å². The molecule has 1 unspecified atom stereocenters. The van der Waals surface area contributed by atoms with Gasteiger partial charge in [-0.25, -0.2) is 0 Å². The molecule has 1 fully saturated rings. The fourth-order valence-electron chi connectivity index (χ4n) is 2.78. The highest BCUT2D eigenvalue weighted by atomic mass is 79.9. The minimum atomic E-state index is 0.528. The molecule has 0 spiro atoms. The molecule has 0 heterocycles. The monoisotopic (exact) mass is 309 g/mol. The molecule has 0 saturated heterocycles. The fraction of sp³-hybridized carbons (Fsp3) is 0.625. The molecule has 0 aromatic heterocycles. The molecule has 0 radical (unpaired) electrons. The standard InChI is InChI=1S/C16H24BrN/c1-12-6-4-8-14(15(12)17)18-13-7-5-10-16(2,3)11-9-13/h4,6,8,13,18H,5,7,9-11H2,1-3H3. The van der Waals surface area contributed by atoms with Gasteiger partial charge < -0.3 is 5.32 Å². The summed E-state index contributed by atoms with van der Waals surface area (Å²) in [6.07, 6.45) is 6.61. The number of aryl methyl sites for hydroxylation is 1. The Morgan fingerprint density at radius 1 is 1.22 bits per heavy atom. The predicted molar refractivity (Wildman–Crippen MR) is 83.2 cm³/mol. The number of rotatable bonds is 2. The molecule has 1 nitrogen and oxygen atoms in total. The van der Waals surface area contributed by atoms with Crippen LogP contribution in [0.2, 0.25) is 0 Å². The zero-order valence-corrected chi connectivity index (χ0v) is 13.3. The van der Waals surface area contributed by atoms with Gasteiger partial charge in [-0.2, -0.15) is 0 Å². The molecule has 1 saturated carbocycles. The molecule has 1 N–H and O–H groups in total. The van der Waals surface area contributed by atoms with Crippen molar-refractivity contribution in [3.63, 3.8) is 0 Å². The lowest BCUT2D eigenvalue weighted by Gasteiger charge is -2.23. The molecule has 0 aliphatic heterocycles. The van der Waals surface area contributed by atoms with E-state index < -0.39 is 0 Å². The Hall–Kier alpha value is -0.500. The van der Waals surface area contributed by atoms with Crippen LogP contribution < -0.4 is 5.32 Å². The SMILES string of the molecule is Cc1cccc(NC2CCCC(C)(C)CC2)c1Br. The molecule has 0 amide bonds. The van der Waals surface area contributed by atoms with E-state index in [1.807, 2.05) is 0 Å². The van der Waals surface area contributed by atoms with Crippen LogP contribution in [-0.4, -0.2) is 6.04 Å². The van der Waals surface area contributed by atoms with Crippen LogP contribution in [0.1, 0.15) is 51.5 Å². The van der Waals surface area contributed by atoms with E-state index in [9.17, 15) is 0 Å². The van der Waals surface area contributed by atoms with Crippen molar-refractivity contribution in [1.29, 1.82) is 0 Å². The van der Waals surface area contributed by atoms with E-state index in [2.05, 4.69) is 60.2 Å². The molecule has 1 aliphatic carbocycles. The van der Waals surface area contributed by atoms with Crippen molar-refractivity contribution in [2.24, 2.45) is 5.41 Å². The van der Waals surface area contributed by atoms with E-state index in [0.29, 0.717) is 11.5 Å². The maximum atomic E-state index is 3.72. The van der Waals surface area contributed by atoms with Crippen molar-refractivity contribution in [2.75, 3.05) is 5.32 Å². The number of halogens is 1. The smallest absolute Gasteiger partial charge is 0.0489 e. The van der Waals surface area contributed by atoms with Gasteiger partial charge in [0.25, 0.3) is 0 Å². The Morgan fingerprint density at radius 2 is 2.00 bits per heavy atom. The van der Waals surface area contributed by atoms with Crippen LogP contribution >= 0.6 is 15.9 Å². The molecule has 1 aliphatic rings. The zero-order chi connectivity index (χ0) is 13.2. The third-order valence-corrected chi connectivity index (χ3v) is 5.18. The Balaban J connectivity index is 2.03. The van der Waals surface area contributed by atoms with Crippen molar-refractivity contribution in [2.45, 2.75) is 58.9 Å². The Kier molecular flexibility index (Phi) is 4.37. The first-order valence-electron chi connectivity index (χ1n) is 7.00. The predicted octanol–water partition coefficient (Wildman–Crippen LogP) is 5.53. The Bertz CT molecular complexity index is 412.